The second-order valence-corrected chi connectivity index (χ2v) is 15.6. The van der Waals surface area contributed by atoms with Crippen molar-refractivity contribution in [1.29, 1.82) is 0 Å². The molecule has 320 valence electrons. The molecule has 0 fully saturated rings. The first-order valence-electron chi connectivity index (χ1n) is 23.5. The van der Waals surface area contributed by atoms with Crippen LogP contribution >= 0.6 is 0 Å². The predicted molar refractivity (Wildman–Crippen MR) is 233 cm³/mol. The van der Waals surface area contributed by atoms with E-state index in [4.69, 9.17) is 14.2 Å². The van der Waals surface area contributed by atoms with Gasteiger partial charge in [-0.15, -0.1) is 0 Å². The van der Waals surface area contributed by atoms with Gasteiger partial charge in [0, 0.05) is 19.3 Å². The molecule has 0 rings (SSSR count). The maximum atomic E-state index is 12.7. The van der Waals surface area contributed by atoms with Crippen molar-refractivity contribution in [3.8, 4) is 0 Å². The van der Waals surface area contributed by atoms with Crippen LogP contribution in [0.1, 0.15) is 239 Å². The van der Waals surface area contributed by atoms with Crippen LogP contribution in [0.2, 0.25) is 0 Å². The maximum Gasteiger partial charge on any atom is 0.306 e. The summed E-state index contributed by atoms with van der Waals surface area (Å²) in [6.07, 6.45) is 49.8. The molecule has 0 aliphatic rings. The minimum Gasteiger partial charge on any atom is -0.462 e. The molecule has 0 heterocycles. The molecular formula is C49H88O6. The Labute approximate surface area is 340 Å². The molecule has 0 saturated carbocycles. The van der Waals surface area contributed by atoms with E-state index in [2.05, 4.69) is 57.2 Å². The Hall–Kier alpha value is -2.37. The highest BCUT2D eigenvalue weighted by molar-refractivity contribution is 5.71. The summed E-state index contributed by atoms with van der Waals surface area (Å²) in [7, 11) is 0. The highest BCUT2D eigenvalue weighted by Crippen LogP contribution is 2.15. The molecule has 0 N–H and O–H groups in total. The largest absolute Gasteiger partial charge is 0.462 e. The maximum absolute atomic E-state index is 12.7. The van der Waals surface area contributed by atoms with Gasteiger partial charge < -0.3 is 14.2 Å². The zero-order valence-corrected chi connectivity index (χ0v) is 36.4. The van der Waals surface area contributed by atoms with Gasteiger partial charge in [0.25, 0.3) is 0 Å². The quantitative estimate of drug-likeness (QED) is 0.0266. The summed E-state index contributed by atoms with van der Waals surface area (Å²) in [6.45, 7) is 6.49. The van der Waals surface area contributed by atoms with Crippen LogP contribution in [0.25, 0.3) is 0 Å². The lowest BCUT2D eigenvalue weighted by molar-refractivity contribution is -0.167. The van der Waals surface area contributed by atoms with Crippen LogP contribution in [0.15, 0.2) is 36.5 Å². The van der Waals surface area contributed by atoms with E-state index in [1.54, 1.807) is 0 Å². The zero-order valence-electron chi connectivity index (χ0n) is 36.4. The van der Waals surface area contributed by atoms with Crippen LogP contribution in [0.4, 0.5) is 0 Å². The molecule has 1 atom stereocenters. The monoisotopic (exact) mass is 773 g/mol. The lowest BCUT2D eigenvalue weighted by atomic mass is 10.1. The Morgan fingerprint density at radius 3 is 1.11 bits per heavy atom. The van der Waals surface area contributed by atoms with Gasteiger partial charge in [-0.25, -0.2) is 0 Å². The van der Waals surface area contributed by atoms with Crippen LogP contribution in [-0.4, -0.2) is 37.2 Å². The minimum atomic E-state index is -0.768. The number of carbonyl (C=O) groups excluding carboxylic acids is 3. The molecule has 55 heavy (non-hydrogen) atoms. The Morgan fingerprint density at radius 2 is 0.709 bits per heavy atom. The number of ether oxygens (including phenoxy) is 3. The van der Waals surface area contributed by atoms with Gasteiger partial charge in [-0.05, 0) is 51.4 Å². The molecule has 0 aromatic carbocycles. The number of allylic oxidation sites excluding steroid dienone is 6. The van der Waals surface area contributed by atoms with E-state index in [1.807, 2.05) is 0 Å². The van der Waals surface area contributed by atoms with Crippen LogP contribution in [0.5, 0.6) is 0 Å². The third kappa shape index (κ3) is 42.6. The summed E-state index contributed by atoms with van der Waals surface area (Å²) in [4.78, 5) is 37.7. The van der Waals surface area contributed by atoms with E-state index in [-0.39, 0.29) is 31.1 Å². The van der Waals surface area contributed by atoms with E-state index in [0.29, 0.717) is 19.3 Å². The molecule has 6 heteroatoms. The fraction of sp³-hybridized carbons (Fsp3) is 0.816. The molecule has 0 saturated heterocycles. The highest BCUT2D eigenvalue weighted by Gasteiger charge is 2.19. The van der Waals surface area contributed by atoms with Crippen molar-refractivity contribution in [2.75, 3.05) is 13.2 Å². The van der Waals surface area contributed by atoms with E-state index < -0.39 is 6.10 Å². The fourth-order valence-electron chi connectivity index (χ4n) is 6.63. The molecule has 0 bridgehead atoms. The standard InChI is InChI=1S/C49H88O6/c1-4-7-10-13-16-19-21-22-23-24-25-26-28-30-33-36-39-42-48(51)54-45-46(44-53-47(50)41-38-35-32-29-18-15-12-9-6-3)55-49(52)43-40-37-34-31-27-20-17-14-11-8-5-2/h7,10,16,19,22-23,46H,4-6,8-9,11-15,17-18,20-21,24-45H2,1-3H3/b10-7-,19-16-,23-22-. The van der Waals surface area contributed by atoms with Gasteiger partial charge in [0.1, 0.15) is 13.2 Å². The Balaban J connectivity index is 4.31. The van der Waals surface area contributed by atoms with Crippen LogP contribution in [0, 0.1) is 0 Å². The second kappa shape index (κ2) is 44.3. The molecule has 0 radical (unpaired) electrons. The summed E-state index contributed by atoms with van der Waals surface area (Å²) in [5, 5.41) is 0. The first-order valence-corrected chi connectivity index (χ1v) is 23.5. The van der Waals surface area contributed by atoms with Crippen molar-refractivity contribution >= 4 is 17.9 Å². The molecular weight excluding hydrogens is 685 g/mol. The first kappa shape index (κ1) is 52.6. The smallest absolute Gasteiger partial charge is 0.306 e. The van der Waals surface area contributed by atoms with E-state index in [0.717, 1.165) is 83.5 Å². The summed E-state index contributed by atoms with van der Waals surface area (Å²) in [5.74, 6) is -0.881. The average molecular weight is 773 g/mol. The SMILES string of the molecule is CC/C=C\C/C=C\C/C=C\CCCCCCCCCC(=O)OCC(COC(=O)CCCCCCCCCCC)OC(=O)CCCCCCCCCCCCC. The summed E-state index contributed by atoms with van der Waals surface area (Å²) in [5.41, 5.74) is 0. The highest BCUT2D eigenvalue weighted by atomic mass is 16.6. The average Bonchev–Trinajstić information content (AvgIpc) is 3.18. The van der Waals surface area contributed by atoms with Gasteiger partial charge in [-0.1, -0.05) is 205 Å². The lowest BCUT2D eigenvalue weighted by Crippen LogP contribution is -2.30. The Morgan fingerprint density at radius 1 is 0.382 bits per heavy atom. The third-order valence-corrected chi connectivity index (χ3v) is 10.2. The summed E-state index contributed by atoms with van der Waals surface area (Å²) < 4.78 is 16.7. The van der Waals surface area contributed by atoms with Gasteiger partial charge >= 0.3 is 17.9 Å². The minimum absolute atomic E-state index is 0.0721. The first-order chi connectivity index (χ1) is 27.0. The van der Waals surface area contributed by atoms with Gasteiger partial charge in [0.2, 0.25) is 0 Å². The number of hydrogen-bond acceptors (Lipinski definition) is 6. The van der Waals surface area contributed by atoms with Gasteiger partial charge in [0.05, 0.1) is 0 Å². The lowest BCUT2D eigenvalue weighted by Gasteiger charge is -2.18. The van der Waals surface area contributed by atoms with E-state index in [1.165, 1.54) is 116 Å². The molecule has 0 amide bonds. The summed E-state index contributed by atoms with van der Waals surface area (Å²) >= 11 is 0. The summed E-state index contributed by atoms with van der Waals surface area (Å²) in [6, 6.07) is 0. The van der Waals surface area contributed by atoms with E-state index in [9.17, 15) is 14.4 Å². The second-order valence-electron chi connectivity index (χ2n) is 15.6. The molecule has 0 aliphatic heterocycles. The third-order valence-electron chi connectivity index (χ3n) is 10.2. The Bertz CT molecular complexity index is 938. The number of rotatable bonds is 42. The van der Waals surface area contributed by atoms with Gasteiger partial charge in [-0.2, -0.15) is 0 Å². The van der Waals surface area contributed by atoms with Gasteiger partial charge in [-0.3, -0.25) is 14.4 Å². The van der Waals surface area contributed by atoms with Crippen molar-refractivity contribution in [1.82, 2.24) is 0 Å². The van der Waals surface area contributed by atoms with Crippen molar-refractivity contribution in [3.05, 3.63) is 36.5 Å². The van der Waals surface area contributed by atoms with Crippen LogP contribution in [-0.2, 0) is 28.6 Å². The van der Waals surface area contributed by atoms with Crippen molar-refractivity contribution < 1.29 is 28.6 Å². The number of unbranched alkanes of at least 4 members (excludes halogenated alkanes) is 25. The molecule has 0 aromatic heterocycles. The molecule has 6 nitrogen and oxygen atoms in total. The van der Waals surface area contributed by atoms with Gasteiger partial charge in [0.15, 0.2) is 6.10 Å². The van der Waals surface area contributed by atoms with Crippen LogP contribution < -0.4 is 0 Å². The molecule has 0 aromatic rings. The Kier molecular flexibility index (Phi) is 42.4. The fourth-order valence-corrected chi connectivity index (χ4v) is 6.63. The van der Waals surface area contributed by atoms with Crippen molar-refractivity contribution in [3.63, 3.8) is 0 Å². The number of hydrogen-bond donors (Lipinski definition) is 0. The normalized spacial score (nSPS) is 12.3. The molecule has 0 spiro atoms. The number of esters is 3. The zero-order chi connectivity index (χ0) is 40.1. The predicted octanol–water partition coefficient (Wildman–Crippen LogP) is 15.0. The van der Waals surface area contributed by atoms with Crippen molar-refractivity contribution in [2.45, 2.75) is 245 Å². The number of carbonyl (C=O) groups is 3. The molecule has 1 unspecified atom stereocenters. The van der Waals surface area contributed by atoms with Crippen LogP contribution in [0.3, 0.4) is 0 Å². The topological polar surface area (TPSA) is 78.9 Å². The van der Waals surface area contributed by atoms with E-state index >= 15 is 0 Å². The van der Waals surface area contributed by atoms with Crippen molar-refractivity contribution in [2.24, 2.45) is 0 Å². The molecule has 0 aliphatic carbocycles.